The molecule has 10 nitrogen and oxygen atoms in total. The lowest BCUT2D eigenvalue weighted by Crippen LogP contribution is -2.41. The molecule has 2 aromatic rings. The van der Waals surface area contributed by atoms with Crippen molar-refractivity contribution >= 4 is 34.2 Å². The van der Waals surface area contributed by atoms with Crippen molar-refractivity contribution in [2.45, 2.75) is 77.2 Å². The number of guanidine groups is 1. The fourth-order valence-corrected chi connectivity index (χ4v) is 5.98. The van der Waals surface area contributed by atoms with Gasteiger partial charge in [-0.2, -0.15) is 18.2 Å². The molecule has 2 N–H and O–H groups in total. The van der Waals surface area contributed by atoms with Crippen LogP contribution in [0.1, 0.15) is 57.7 Å². The molecule has 0 aliphatic heterocycles. The molecule has 0 radical (unpaired) electrons. The standard InChI is InChI=1S/C27H36F5N7O3S/c1-15(2)39-24(36-26(33-4)35-17-7-9-19(10-8-17)38(5)6)16(3)34-23(25(39)40)22-20(28)13-18(14-21(22)29)37-43(41,42)12-11-27(30,31)32/h13-15,17,19,37H,4,7-12H2,1-3,5-6H3,(H,35,36)/t17-,19-. The Labute approximate surface area is 247 Å². The van der Waals surface area contributed by atoms with Crippen LogP contribution in [0, 0.1) is 18.6 Å². The first-order valence-electron chi connectivity index (χ1n) is 13.6. The van der Waals surface area contributed by atoms with Crippen LogP contribution in [-0.2, 0) is 10.0 Å². The number of nitrogens with one attached hydrogen (secondary N) is 2. The fraction of sp³-hybridized carbons (Fsp3) is 0.556. The molecule has 0 amide bonds. The Morgan fingerprint density at radius 1 is 1.16 bits per heavy atom. The van der Waals surface area contributed by atoms with Crippen molar-refractivity contribution in [3.63, 3.8) is 0 Å². The monoisotopic (exact) mass is 633 g/mol. The number of benzene rings is 1. The second kappa shape index (κ2) is 13.5. The second-order valence-electron chi connectivity index (χ2n) is 10.9. The third-order valence-electron chi connectivity index (χ3n) is 7.10. The van der Waals surface area contributed by atoms with Gasteiger partial charge in [-0.1, -0.05) is 0 Å². The van der Waals surface area contributed by atoms with Crippen molar-refractivity contribution in [1.29, 1.82) is 0 Å². The van der Waals surface area contributed by atoms with Gasteiger partial charge in [0, 0.05) is 18.1 Å². The third kappa shape index (κ3) is 8.81. The SMILES string of the molecule is C=N/C(=N\c1c(C)nc(-c2c(F)cc(NS(=O)(=O)CCC(F)(F)F)cc2F)c(=O)n1C(C)C)N[C@H]1CC[C@H](N(C)C)CC1. The van der Waals surface area contributed by atoms with Crippen LogP contribution in [0.2, 0.25) is 0 Å². The summed E-state index contributed by atoms with van der Waals surface area (Å²) in [6.07, 6.45) is -2.68. The van der Waals surface area contributed by atoms with E-state index >= 15 is 8.78 Å². The van der Waals surface area contributed by atoms with E-state index in [2.05, 4.69) is 31.9 Å². The third-order valence-corrected chi connectivity index (χ3v) is 8.39. The maximum atomic E-state index is 15.2. The number of anilines is 1. The molecule has 16 heteroatoms. The van der Waals surface area contributed by atoms with Crippen LogP contribution in [0.25, 0.3) is 11.3 Å². The Balaban J connectivity index is 1.97. The summed E-state index contributed by atoms with van der Waals surface area (Å²) in [7, 11) is -0.492. The minimum absolute atomic E-state index is 0.0832. The Hall–Kier alpha value is -3.40. The molecular formula is C27H36F5N7O3S. The lowest BCUT2D eigenvalue weighted by atomic mass is 9.90. The maximum absolute atomic E-state index is 15.2. The number of hydrogen-bond donors (Lipinski definition) is 2. The van der Waals surface area contributed by atoms with Gasteiger partial charge in [-0.25, -0.2) is 27.2 Å². The van der Waals surface area contributed by atoms with Gasteiger partial charge in [-0.15, -0.1) is 0 Å². The highest BCUT2D eigenvalue weighted by molar-refractivity contribution is 7.92. The highest BCUT2D eigenvalue weighted by atomic mass is 32.2. The summed E-state index contributed by atoms with van der Waals surface area (Å²) in [6, 6.07) is 1.17. The Bertz CT molecular complexity index is 1510. The normalized spacial score (nSPS) is 18.3. The first-order chi connectivity index (χ1) is 19.9. The summed E-state index contributed by atoms with van der Waals surface area (Å²) >= 11 is 0. The van der Waals surface area contributed by atoms with E-state index in [9.17, 15) is 26.4 Å². The number of halogens is 5. The Kier molecular flexibility index (Phi) is 10.7. The first-order valence-corrected chi connectivity index (χ1v) is 15.3. The van der Waals surface area contributed by atoms with E-state index in [1.54, 1.807) is 18.6 Å². The lowest BCUT2D eigenvalue weighted by Gasteiger charge is -2.33. The number of alkyl halides is 3. The van der Waals surface area contributed by atoms with E-state index in [-0.39, 0.29) is 23.5 Å². The molecule has 43 heavy (non-hydrogen) atoms. The average molecular weight is 634 g/mol. The molecule has 1 aromatic carbocycles. The van der Waals surface area contributed by atoms with Gasteiger partial charge in [0.25, 0.3) is 5.56 Å². The van der Waals surface area contributed by atoms with Crippen LogP contribution in [0.5, 0.6) is 0 Å². The summed E-state index contributed by atoms with van der Waals surface area (Å²) in [5.74, 6) is -3.74. The fourth-order valence-electron chi connectivity index (χ4n) is 4.90. The molecule has 0 saturated heterocycles. The van der Waals surface area contributed by atoms with Gasteiger partial charge in [0.1, 0.15) is 17.3 Å². The predicted octanol–water partition coefficient (Wildman–Crippen LogP) is 4.92. The second-order valence-corrected chi connectivity index (χ2v) is 12.8. The molecule has 0 bridgehead atoms. The van der Waals surface area contributed by atoms with E-state index in [4.69, 9.17) is 0 Å². The van der Waals surface area contributed by atoms with E-state index < -0.39 is 68.6 Å². The van der Waals surface area contributed by atoms with E-state index in [0.717, 1.165) is 25.7 Å². The van der Waals surface area contributed by atoms with Crippen molar-refractivity contribution < 1.29 is 30.4 Å². The molecule has 1 fully saturated rings. The number of hydrogen-bond acceptors (Lipinski definition) is 6. The quantitative estimate of drug-likeness (QED) is 0.230. The van der Waals surface area contributed by atoms with Gasteiger partial charge >= 0.3 is 6.18 Å². The van der Waals surface area contributed by atoms with Crippen LogP contribution < -0.4 is 15.6 Å². The van der Waals surface area contributed by atoms with E-state index in [1.807, 2.05) is 14.1 Å². The minimum Gasteiger partial charge on any atom is -0.351 e. The molecule has 0 unspecified atom stereocenters. The van der Waals surface area contributed by atoms with E-state index in [1.165, 1.54) is 11.5 Å². The van der Waals surface area contributed by atoms with Gasteiger partial charge in [0.2, 0.25) is 16.0 Å². The first kappa shape index (κ1) is 34.1. The topological polar surface area (TPSA) is 121 Å². The van der Waals surface area contributed by atoms with Crippen LogP contribution >= 0.6 is 0 Å². The van der Waals surface area contributed by atoms with Crippen LogP contribution in [-0.4, -0.2) is 73.7 Å². The zero-order chi connectivity index (χ0) is 32.3. The number of aliphatic imine (C=N–C) groups is 2. The number of nitrogens with zero attached hydrogens (tertiary/aromatic N) is 5. The predicted molar refractivity (Wildman–Crippen MR) is 157 cm³/mol. The van der Waals surface area contributed by atoms with Crippen molar-refractivity contribution in [2.75, 3.05) is 24.6 Å². The lowest BCUT2D eigenvalue weighted by molar-refractivity contribution is -0.129. The van der Waals surface area contributed by atoms with Gasteiger partial charge in [-0.05, 0) is 79.4 Å². The Morgan fingerprint density at radius 2 is 1.74 bits per heavy atom. The van der Waals surface area contributed by atoms with Crippen molar-refractivity contribution in [3.8, 4) is 11.3 Å². The van der Waals surface area contributed by atoms with Crippen molar-refractivity contribution in [1.82, 2.24) is 19.8 Å². The molecule has 0 spiro atoms. The van der Waals surface area contributed by atoms with Gasteiger partial charge < -0.3 is 10.2 Å². The number of sulfonamides is 1. The molecule has 0 atom stereocenters. The van der Waals surface area contributed by atoms with Crippen LogP contribution in [0.3, 0.4) is 0 Å². The molecule has 1 aliphatic rings. The molecule has 1 heterocycles. The molecule has 1 aliphatic carbocycles. The van der Waals surface area contributed by atoms with Crippen molar-refractivity contribution in [3.05, 3.63) is 39.8 Å². The molecular weight excluding hydrogens is 597 g/mol. The molecule has 1 saturated carbocycles. The van der Waals surface area contributed by atoms with E-state index in [0.29, 0.717) is 18.2 Å². The largest absolute Gasteiger partial charge is 0.390 e. The zero-order valence-corrected chi connectivity index (χ0v) is 25.4. The summed E-state index contributed by atoms with van der Waals surface area (Å²) < 4.78 is 94.7. The summed E-state index contributed by atoms with van der Waals surface area (Å²) in [5.41, 5.74) is -2.77. The Morgan fingerprint density at radius 3 is 2.23 bits per heavy atom. The zero-order valence-electron chi connectivity index (χ0n) is 24.6. The van der Waals surface area contributed by atoms with Crippen LogP contribution in [0.15, 0.2) is 26.9 Å². The molecule has 238 valence electrons. The van der Waals surface area contributed by atoms with Crippen LogP contribution in [0.4, 0.5) is 33.5 Å². The average Bonchev–Trinajstić information content (AvgIpc) is 2.88. The summed E-state index contributed by atoms with van der Waals surface area (Å²) in [4.78, 5) is 28.4. The van der Waals surface area contributed by atoms with Gasteiger partial charge in [0.15, 0.2) is 5.82 Å². The minimum atomic E-state index is -4.74. The highest BCUT2D eigenvalue weighted by Crippen LogP contribution is 2.30. The number of aromatic nitrogens is 2. The molecule has 1 aromatic heterocycles. The number of aryl methyl sites for hydroxylation is 1. The number of rotatable bonds is 9. The van der Waals surface area contributed by atoms with Gasteiger partial charge in [-0.3, -0.25) is 14.1 Å². The smallest absolute Gasteiger partial charge is 0.351 e. The summed E-state index contributed by atoms with van der Waals surface area (Å²) in [6.45, 7) is 8.42. The van der Waals surface area contributed by atoms with Crippen molar-refractivity contribution in [2.24, 2.45) is 9.98 Å². The maximum Gasteiger partial charge on any atom is 0.390 e. The molecule has 3 rings (SSSR count). The summed E-state index contributed by atoms with van der Waals surface area (Å²) in [5, 5.41) is 3.25. The highest BCUT2D eigenvalue weighted by Gasteiger charge is 2.31. The van der Waals surface area contributed by atoms with Gasteiger partial charge in [0.05, 0.1) is 29.1 Å².